The number of hydrogen-bond acceptors (Lipinski definition) is 2. The van der Waals surface area contributed by atoms with Gasteiger partial charge in [-0.25, -0.2) is 0 Å². The molecule has 0 saturated carbocycles. The van der Waals surface area contributed by atoms with E-state index in [0.29, 0.717) is 0 Å². The van der Waals surface area contributed by atoms with Gasteiger partial charge in [0.05, 0.1) is 0 Å². The van der Waals surface area contributed by atoms with Gasteiger partial charge >= 0.3 is 0 Å². The molecule has 2 amide bonds. The van der Waals surface area contributed by atoms with Crippen molar-refractivity contribution in [2.75, 3.05) is 0 Å². The molecule has 0 bridgehead atoms. The second kappa shape index (κ2) is 6.70. The SMILES string of the molecule is CC(=O)NC(C(N)=O)C(c1ccccc1)c1ccccc1. The van der Waals surface area contributed by atoms with Crippen LogP contribution in [-0.4, -0.2) is 17.9 Å². The van der Waals surface area contributed by atoms with Gasteiger partial charge in [-0.1, -0.05) is 60.7 Å². The highest BCUT2D eigenvalue weighted by Crippen LogP contribution is 2.28. The van der Waals surface area contributed by atoms with E-state index in [9.17, 15) is 9.59 Å². The van der Waals surface area contributed by atoms with E-state index in [4.69, 9.17) is 5.73 Å². The Morgan fingerprint density at radius 1 is 0.905 bits per heavy atom. The Morgan fingerprint density at radius 2 is 1.33 bits per heavy atom. The van der Waals surface area contributed by atoms with E-state index < -0.39 is 11.9 Å². The molecule has 0 saturated heterocycles. The number of carbonyl (C=O) groups is 2. The number of carbonyl (C=O) groups excluding carboxylic acids is 2. The molecule has 4 nitrogen and oxygen atoms in total. The minimum absolute atomic E-state index is 0.282. The van der Waals surface area contributed by atoms with Crippen LogP contribution in [0.25, 0.3) is 0 Å². The third-order valence-corrected chi connectivity index (χ3v) is 3.32. The van der Waals surface area contributed by atoms with Crippen LogP contribution in [0, 0.1) is 0 Å². The predicted molar refractivity (Wildman–Crippen MR) is 81.5 cm³/mol. The minimum atomic E-state index is -0.785. The summed E-state index contributed by atoms with van der Waals surface area (Å²) >= 11 is 0. The smallest absolute Gasteiger partial charge is 0.240 e. The summed E-state index contributed by atoms with van der Waals surface area (Å²) in [6, 6.07) is 18.3. The van der Waals surface area contributed by atoms with Crippen molar-refractivity contribution in [2.45, 2.75) is 18.9 Å². The molecule has 2 rings (SSSR count). The Balaban J connectivity index is 2.49. The minimum Gasteiger partial charge on any atom is -0.368 e. The van der Waals surface area contributed by atoms with Crippen molar-refractivity contribution < 1.29 is 9.59 Å². The average Bonchev–Trinajstić information content (AvgIpc) is 2.48. The van der Waals surface area contributed by atoms with Gasteiger partial charge in [-0.05, 0) is 11.1 Å². The van der Waals surface area contributed by atoms with Crippen LogP contribution in [-0.2, 0) is 9.59 Å². The van der Waals surface area contributed by atoms with Gasteiger partial charge in [-0.3, -0.25) is 9.59 Å². The maximum Gasteiger partial charge on any atom is 0.240 e. The lowest BCUT2D eigenvalue weighted by Gasteiger charge is -2.26. The Morgan fingerprint density at radius 3 is 1.67 bits per heavy atom. The largest absolute Gasteiger partial charge is 0.368 e. The van der Waals surface area contributed by atoms with Gasteiger partial charge in [-0.2, -0.15) is 0 Å². The fraction of sp³-hybridized carbons (Fsp3) is 0.176. The quantitative estimate of drug-likeness (QED) is 0.878. The summed E-state index contributed by atoms with van der Waals surface area (Å²) in [6.45, 7) is 1.38. The van der Waals surface area contributed by atoms with E-state index in [2.05, 4.69) is 5.32 Å². The highest BCUT2D eigenvalue weighted by Gasteiger charge is 2.29. The fourth-order valence-electron chi connectivity index (χ4n) is 2.44. The molecule has 0 aliphatic heterocycles. The number of amides is 2. The highest BCUT2D eigenvalue weighted by molar-refractivity contribution is 5.87. The maximum atomic E-state index is 11.8. The van der Waals surface area contributed by atoms with Crippen molar-refractivity contribution in [1.82, 2.24) is 5.32 Å². The molecule has 0 aliphatic carbocycles. The molecule has 0 spiro atoms. The van der Waals surface area contributed by atoms with Crippen LogP contribution < -0.4 is 11.1 Å². The summed E-state index contributed by atoms with van der Waals surface area (Å²) in [6.07, 6.45) is 0. The van der Waals surface area contributed by atoms with Crippen LogP contribution in [0.2, 0.25) is 0 Å². The summed E-state index contributed by atoms with van der Waals surface area (Å²) in [5, 5.41) is 2.66. The van der Waals surface area contributed by atoms with Crippen LogP contribution in [0.3, 0.4) is 0 Å². The van der Waals surface area contributed by atoms with Gasteiger partial charge in [-0.15, -0.1) is 0 Å². The van der Waals surface area contributed by atoms with Gasteiger partial charge in [0.15, 0.2) is 0 Å². The molecule has 0 heterocycles. The van der Waals surface area contributed by atoms with E-state index >= 15 is 0 Å². The molecule has 0 radical (unpaired) electrons. The molecule has 2 aromatic carbocycles. The molecule has 0 aromatic heterocycles. The third-order valence-electron chi connectivity index (χ3n) is 3.32. The normalized spacial score (nSPS) is 11.9. The first kappa shape index (κ1) is 14.8. The van der Waals surface area contributed by atoms with E-state index in [-0.39, 0.29) is 11.8 Å². The standard InChI is InChI=1S/C17H18N2O2/c1-12(20)19-16(17(18)21)15(13-8-4-2-5-9-13)14-10-6-3-7-11-14/h2-11,15-16H,1H3,(H2,18,21)(H,19,20). The average molecular weight is 282 g/mol. The van der Waals surface area contributed by atoms with Gasteiger partial charge in [0, 0.05) is 12.8 Å². The molecule has 4 heteroatoms. The number of rotatable bonds is 5. The first-order valence-corrected chi connectivity index (χ1v) is 6.76. The topological polar surface area (TPSA) is 72.2 Å². The summed E-state index contributed by atoms with van der Waals surface area (Å²) in [4.78, 5) is 23.2. The van der Waals surface area contributed by atoms with Crippen molar-refractivity contribution in [1.29, 1.82) is 0 Å². The van der Waals surface area contributed by atoms with Crippen LogP contribution in [0.15, 0.2) is 60.7 Å². The molecule has 108 valence electrons. The summed E-state index contributed by atoms with van der Waals surface area (Å²) in [7, 11) is 0. The van der Waals surface area contributed by atoms with Gasteiger partial charge in [0.25, 0.3) is 0 Å². The van der Waals surface area contributed by atoms with Crippen LogP contribution >= 0.6 is 0 Å². The predicted octanol–water partition coefficient (Wildman–Crippen LogP) is 1.81. The Hall–Kier alpha value is -2.62. The zero-order valence-corrected chi connectivity index (χ0v) is 11.8. The molecule has 21 heavy (non-hydrogen) atoms. The zero-order chi connectivity index (χ0) is 15.2. The Bertz CT molecular complexity index is 572. The second-order valence-corrected chi connectivity index (χ2v) is 4.88. The molecule has 0 fully saturated rings. The monoisotopic (exact) mass is 282 g/mol. The highest BCUT2D eigenvalue weighted by atomic mass is 16.2. The second-order valence-electron chi connectivity index (χ2n) is 4.88. The van der Waals surface area contributed by atoms with Crippen molar-refractivity contribution in [3.05, 3.63) is 71.8 Å². The fourth-order valence-corrected chi connectivity index (χ4v) is 2.44. The molecule has 1 unspecified atom stereocenters. The van der Waals surface area contributed by atoms with Crippen LogP contribution in [0.5, 0.6) is 0 Å². The first-order valence-electron chi connectivity index (χ1n) is 6.76. The lowest BCUT2D eigenvalue weighted by molar-refractivity contribution is -0.126. The van der Waals surface area contributed by atoms with Gasteiger partial charge in [0.2, 0.25) is 11.8 Å². The number of nitrogens with one attached hydrogen (secondary N) is 1. The van der Waals surface area contributed by atoms with E-state index in [1.165, 1.54) is 6.92 Å². The molecule has 1 atom stereocenters. The van der Waals surface area contributed by atoms with Gasteiger partial charge in [0.1, 0.15) is 6.04 Å². The lowest BCUT2D eigenvalue weighted by atomic mass is 9.84. The number of hydrogen-bond donors (Lipinski definition) is 2. The van der Waals surface area contributed by atoms with E-state index in [1.807, 2.05) is 60.7 Å². The molecule has 0 aliphatic rings. The van der Waals surface area contributed by atoms with Crippen LogP contribution in [0.4, 0.5) is 0 Å². The number of nitrogens with two attached hydrogens (primary N) is 1. The lowest BCUT2D eigenvalue weighted by Crippen LogP contribution is -2.47. The maximum absolute atomic E-state index is 11.8. The van der Waals surface area contributed by atoms with E-state index in [0.717, 1.165) is 11.1 Å². The molecule has 3 N–H and O–H groups in total. The zero-order valence-electron chi connectivity index (χ0n) is 11.8. The van der Waals surface area contributed by atoms with Crippen molar-refractivity contribution in [2.24, 2.45) is 5.73 Å². The first-order chi connectivity index (χ1) is 10.1. The number of benzene rings is 2. The summed E-state index contributed by atoms with van der Waals surface area (Å²) < 4.78 is 0. The molecule has 2 aromatic rings. The van der Waals surface area contributed by atoms with Crippen molar-refractivity contribution in [3.8, 4) is 0 Å². The van der Waals surface area contributed by atoms with Gasteiger partial charge < -0.3 is 11.1 Å². The molecular formula is C17H18N2O2. The summed E-state index contributed by atoms with van der Waals surface area (Å²) in [5.74, 6) is -1.15. The number of primary amides is 1. The van der Waals surface area contributed by atoms with Crippen molar-refractivity contribution >= 4 is 11.8 Å². The molecular weight excluding hydrogens is 264 g/mol. The van der Waals surface area contributed by atoms with Crippen LogP contribution in [0.1, 0.15) is 24.0 Å². The van der Waals surface area contributed by atoms with Crippen molar-refractivity contribution in [3.63, 3.8) is 0 Å². The Labute approximate surface area is 124 Å². The van der Waals surface area contributed by atoms with E-state index in [1.54, 1.807) is 0 Å². The third kappa shape index (κ3) is 3.69. The summed E-state index contributed by atoms with van der Waals surface area (Å²) in [5.41, 5.74) is 7.37. The Kier molecular flexibility index (Phi) is 4.72.